The number of nitrogens with two attached hydrogens (primary N) is 1. The van der Waals surface area contributed by atoms with E-state index < -0.39 is 0 Å². The number of hydrogen-bond donors (Lipinski definition) is 1. The molecular formula is C12H17N3O. The summed E-state index contributed by atoms with van der Waals surface area (Å²) < 4.78 is 7.22. The van der Waals surface area contributed by atoms with Crippen LogP contribution in [0.2, 0.25) is 0 Å². The van der Waals surface area contributed by atoms with Crippen molar-refractivity contribution in [2.24, 2.45) is 5.73 Å². The molecule has 0 atom stereocenters. The summed E-state index contributed by atoms with van der Waals surface area (Å²) in [6.45, 7) is 2.19. The lowest BCUT2D eigenvalue weighted by Crippen LogP contribution is -2.04. The van der Waals surface area contributed by atoms with E-state index in [0.717, 1.165) is 18.6 Å². The number of fused-ring (bicyclic) bond motifs is 1. The molecule has 0 aliphatic rings. The predicted octanol–water partition coefficient (Wildman–Crippen LogP) is 1.18. The van der Waals surface area contributed by atoms with Crippen molar-refractivity contribution in [3.63, 3.8) is 0 Å². The van der Waals surface area contributed by atoms with Gasteiger partial charge in [-0.25, -0.2) is 4.98 Å². The number of ether oxygens (including phenoxy) is 1. The molecule has 0 amide bonds. The Hall–Kier alpha value is -1.39. The summed E-state index contributed by atoms with van der Waals surface area (Å²) in [7, 11) is 1.71. The molecule has 2 aromatic heterocycles. The van der Waals surface area contributed by atoms with Crippen molar-refractivity contribution in [1.29, 1.82) is 0 Å². The van der Waals surface area contributed by atoms with Gasteiger partial charge in [-0.2, -0.15) is 0 Å². The van der Waals surface area contributed by atoms with Gasteiger partial charge < -0.3 is 15.0 Å². The topological polar surface area (TPSA) is 53.1 Å². The Bertz CT molecular complexity index is 464. The van der Waals surface area contributed by atoms with Gasteiger partial charge in [-0.3, -0.25) is 0 Å². The SMILES string of the molecule is COCCn1cc(CCN)c2cccnc21. The summed E-state index contributed by atoms with van der Waals surface area (Å²) in [6, 6.07) is 4.06. The van der Waals surface area contributed by atoms with Crippen molar-refractivity contribution in [2.45, 2.75) is 13.0 Å². The fraction of sp³-hybridized carbons (Fsp3) is 0.417. The third kappa shape index (κ3) is 2.08. The van der Waals surface area contributed by atoms with E-state index in [1.807, 2.05) is 12.3 Å². The minimum atomic E-state index is 0.665. The van der Waals surface area contributed by atoms with Gasteiger partial charge in [-0.05, 0) is 30.7 Å². The number of methoxy groups -OCH3 is 1. The van der Waals surface area contributed by atoms with Gasteiger partial charge in [0.2, 0.25) is 0 Å². The van der Waals surface area contributed by atoms with Gasteiger partial charge in [0, 0.05) is 31.4 Å². The molecule has 0 aromatic carbocycles. The zero-order valence-corrected chi connectivity index (χ0v) is 9.52. The standard InChI is InChI=1S/C12H17N3O/c1-16-8-7-15-9-10(4-5-13)11-3-2-6-14-12(11)15/h2-3,6,9H,4-5,7-8,13H2,1H3. The van der Waals surface area contributed by atoms with Crippen LogP contribution in [0.1, 0.15) is 5.56 Å². The number of aromatic nitrogens is 2. The van der Waals surface area contributed by atoms with E-state index in [0.29, 0.717) is 13.2 Å². The number of hydrogen-bond acceptors (Lipinski definition) is 3. The molecule has 4 heteroatoms. The van der Waals surface area contributed by atoms with Crippen LogP contribution >= 0.6 is 0 Å². The van der Waals surface area contributed by atoms with Crippen LogP contribution in [0.4, 0.5) is 0 Å². The highest BCUT2D eigenvalue weighted by atomic mass is 16.5. The molecule has 0 bridgehead atoms. The first-order valence-corrected chi connectivity index (χ1v) is 5.48. The van der Waals surface area contributed by atoms with Gasteiger partial charge in [0.05, 0.1) is 6.61 Å². The Morgan fingerprint density at radius 2 is 2.38 bits per heavy atom. The molecule has 0 unspecified atom stereocenters. The molecule has 0 saturated carbocycles. The van der Waals surface area contributed by atoms with Crippen molar-refractivity contribution in [2.75, 3.05) is 20.3 Å². The highest BCUT2D eigenvalue weighted by Crippen LogP contribution is 2.19. The number of nitrogens with zero attached hydrogens (tertiary/aromatic N) is 2. The van der Waals surface area contributed by atoms with E-state index in [1.165, 1.54) is 10.9 Å². The van der Waals surface area contributed by atoms with E-state index in [2.05, 4.69) is 21.8 Å². The maximum atomic E-state index is 5.61. The fourth-order valence-electron chi connectivity index (χ4n) is 1.91. The third-order valence-electron chi connectivity index (χ3n) is 2.67. The second-order valence-corrected chi connectivity index (χ2v) is 3.75. The molecule has 2 aromatic rings. The smallest absolute Gasteiger partial charge is 0.140 e. The monoisotopic (exact) mass is 219 g/mol. The maximum Gasteiger partial charge on any atom is 0.140 e. The zero-order chi connectivity index (χ0) is 11.4. The highest BCUT2D eigenvalue weighted by Gasteiger charge is 2.07. The Labute approximate surface area is 95.0 Å². The molecule has 0 fully saturated rings. The minimum Gasteiger partial charge on any atom is -0.383 e. The van der Waals surface area contributed by atoms with E-state index in [4.69, 9.17) is 10.5 Å². The molecule has 2 N–H and O–H groups in total. The zero-order valence-electron chi connectivity index (χ0n) is 9.52. The molecule has 16 heavy (non-hydrogen) atoms. The molecule has 2 heterocycles. The lowest BCUT2D eigenvalue weighted by atomic mass is 10.2. The maximum absolute atomic E-state index is 5.61. The molecule has 0 radical (unpaired) electrons. The normalized spacial score (nSPS) is 11.1. The lowest BCUT2D eigenvalue weighted by Gasteiger charge is -2.02. The van der Waals surface area contributed by atoms with E-state index in [1.54, 1.807) is 7.11 Å². The number of pyridine rings is 1. The third-order valence-corrected chi connectivity index (χ3v) is 2.67. The van der Waals surface area contributed by atoms with Crippen molar-refractivity contribution < 1.29 is 4.74 Å². The van der Waals surface area contributed by atoms with E-state index in [-0.39, 0.29) is 0 Å². The van der Waals surface area contributed by atoms with Crippen molar-refractivity contribution in [3.05, 3.63) is 30.1 Å². The lowest BCUT2D eigenvalue weighted by molar-refractivity contribution is 0.188. The average Bonchev–Trinajstić information content (AvgIpc) is 2.66. The van der Waals surface area contributed by atoms with Gasteiger partial charge in [-0.1, -0.05) is 0 Å². The Balaban J connectivity index is 2.40. The van der Waals surface area contributed by atoms with Crippen LogP contribution in [0.15, 0.2) is 24.5 Å². The molecule has 86 valence electrons. The molecule has 4 nitrogen and oxygen atoms in total. The van der Waals surface area contributed by atoms with Crippen LogP contribution in [0.5, 0.6) is 0 Å². The van der Waals surface area contributed by atoms with Crippen LogP contribution in [-0.4, -0.2) is 29.8 Å². The van der Waals surface area contributed by atoms with Crippen LogP contribution in [0, 0.1) is 0 Å². The van der Waals surface area contributed by atoms with Crippen LogP contribution < -0.4 is 5.73 Å². The quantitative estimate of drug-likeness (QED) is 0.821. The summed E-state index contributed by atoms with van der Waals surface area (Å²) in [6.07, 6.45) is 4.84. The summed E-state index contributed by atoms with van der Waals surface area (Å²) in [4.78, 5) is 4.40. The van der Waals surface area contributed by atoms with Crippen molar-refractivity contribution >= 4 is 11.0 Å². The Morgan fingerprint density at radius 1 is 1.50 bits per heavy atom. The van der Waals surface area contributed by atoms with Gasteiger partial charge in [0.25, 0.3) is 0 Å². The van der Waals surface area contributed by atoms with Crippen LogP contribution in [0.25, 0.3) is 11.0 Å². The summed E-state index contributed by atoms with van der Waals surface area (Å²) in [5.74, 6) is 0. The molecular weight excluding hydrogens is 202 g/mol. The summed E-state index contributed by atoms with van der Waals surface area (Å²) in [5.41, 5.74) is 7.89. The van der Waals surface area contributed by atoms with Crippen LogP contribution in [-0.2, 0) is 17.7 Å². The second kappa shape index (κ2) is 5.09. The second-order valence-electron chi connectivity index (χ2n) is 3.75. The highest BCUT2D eigenvalue weighted by molar-refractivity contribution is 5.80. The first-order valence-electron chi connectivity index (χ1n) is 5.48. The first-order chi connectivity index (χ1) is 7.86. The van der Waals surface area contributed by atoms with Gasteiger partial charge in [0.1, 0.15) is 5.65 Å². The Morgan fingerprint density at radius 3 is 3.12 bits per heavy atom. The van der Waals surface area contributed by atoms with Gasteiger partial charge >= 0.3 is 0 Å². The Kier molecular flexibility index (Phi) is 3.54. The molecule has 0 saturated heterocycles. The average molecular weight is 219 g/mol. The first kappa shape index (κ1) is 11.1. The fourth-order valence-corrected chi connectivity index (χ4v) is 1.91. The predicted molar refractivity (Wildman–Crippen MR) is 64.4 cm³/mol. The van der Waals surface area contributed by atoms with Crippen molar-refractivity contribution in [3.8, 4) is 0 Å². The largest absolute Gasteiger partial charge is 0.383 e. The van der Waals surface area contributed by atoms with E-state index in [9.17, 15) is 0 Å². The van der Waals surface area contributed by atoms with Gasteiger partial charge in [-0.15, -0.1) is 0 Å². The molecule has 0 aliphatic carbocycles. The van der Waals surface area contributed by atoms with E-state index >= 15 is 0 Å². The van der Waals surface area contributed by atoms with Gasteiger partial charge in [0.15, 0.2) is 0 Å². The molecule has 0 spiro atoms. The molecule has 0 aliphatic heterocycles. The molecule has 2 rings (SSSR count). The summed E-state index contributed by atoms with van der Waals surface area (Å²) in [5, 5.41) is 1.20. The van der Waals surface area contributed by atoms with Crippen LogP contribution in [0.3, 0.4) is 0 Å². The number of rotatable bonds is 5. The van der Waals surface area contributed by atoms with Crippen molar-refractivity contribution in [1.82, 2.24) is 9.55 Å². The minimum absolute atomic E-state index is 0.665. The summed E-state index contributed by atoms with van der Waals surface area (Å²) >= 11 is 0.